The molecule has 1 unspecified atom stereocenters. The van der Waals surface area contributed by atoms with Gasteiger partial charge in [-0.25, -0.2) is 13.1 Å². The van der Waals surface area contributed by atoms with Gasteiger partial charge in [-0.3, -0.25) is 4.98 Å². The van der Waals surface area contributed by atoms with Crippen LogP contribution in [0.15, 0.2) is 76.4 Å². The van der Waals surface area contributed by atoms with E-state index in [1.165, 1.54) is 18.5 Å². The summed E-state index contributed by atoms with van der Waals surface area (Å²) < 4.78 is 33.8. The van der Waals surface area contributed by atoms with Crippen molar-refractivity contribution < 1.29 is 22.9 Å². The number of hydrogen-bond donors (Lipinski definition) is 3. The van der Waals surface area contributed by atoms with E-state index in [-0.39, 0.29) is 11.3 Å². The molecule has 0 spiro atoms. The molecule has 0 aliphatic heterocycles. The summed E-state index contributed by atoms with van der Waals surface area (Å²) >= 11 is 0. The van der Waals surface area contributed by atoms with Crippen LogP contribution in [0.1, 0.15) is 5.56 Å². The Morgan fingerprint density at radius 3 is 2.68 bits per heavy atom. The third-order valence-corrected chi connectivity index (χ3v) is 6.07. The Balaban J connectivity index is 1.67. The fourth-order valence-corrected chi connectivity index (χ4v) is 4.60. The minimum Gasteiger partial charge on any atom is -0.464 e. The van der Waals surface area contributed by atoms with E-state index < -0.39 is 23.1 Å². The number of benzene rings is 2. The maximum absolute atomic E-state index is 13.0. The highest BCUT2D eigenvalue weighted by Gasteiger charge is 2.31. The molecular weight excluding hydrogens is 379 g/mol. The summed E-state index contributed by atoms with van der Waals surface area (Å²) in [5, 5.41) is 21.0. The monoisotopic (exact) mass is 396 g/mol. The van der Waals surface area contributed by atoms with Gasteiger partial charge in [-0.2, -0.15) is 0 Å². The van der Waals surface area contributed by atoms with Crippen molar-refractivity contribution in [2.24, 2.45) is 0 Å². The lowest BCUT2D eigenvalue weighted by molar-refractivity contribution is 0.379. The molecule has 4 aromatic rings. The topological polar surface area (TPSA) is 113 Å². The van der Waals surface area contributed by atoms with Crippen LogP contribution in [0, 0.1) is 0 Å². The minimum absolute atomic E-state index is 0.0201. The largest absolute Gasteiger partial charge is 0.471 e. The SMILES string of the molecule is O=S(=O)(NC(Cc1coc2ccccc12)B(O)O)c1cccc2cccnc12. The van der Waals surface area contributed by atoms with Crippen LogP contribution in [0.4, 0.5) is 0 Å². The van der Waals surface area contributed by atoms with E-state index in [4.69, 9.17) is 4.42 Å². The quantitative estimate of drug-likeness (QED) is 0.429. The fourth-order valence-electron chi connectivity index (χ4n) is 3.19. The average molecular weight is 396 g/mol. The smallest absolute Gasteiger partial charge is 0.464 e. The van der Waals surface area contributed by atoms with Crippen molar-refractivity contribution >= 4 is 39.0 Å². The van der Waals surface area contributed by atoms with Crippen LogP contribution in [0.3, 0.4) is 0 Å². The number of nitrogens with one attached hydrogen (secondary N) is 1. The molecule has 0 aliphatic rings. The molecule has 142 valence electrons. The molecule has 4 rings (SSSR count). The molecular formula is C19H17BN2O5S. The lowest BCUT2D eigenvalue weighted by Crippen LogP contribution is -2.47. The number of fused-ring (bicyclic) bond motifs is 2. The van der Waals surface area contributed by atoms with Crippen LogP contribution < -0.4 is 4.72 Å². The molecule has 7 nitrogen and oxygen atoms in total. The molecule has 9 heteroatoms. The molecule has 0 saturated heterocycles. The molecule has 0 aliphatic carbocycles. The fraction of sp³-hybridized carbons (Fsp3) is 0.105. The summed E-state index contributed by atoms with van der Waals surface area (Å²) in [6.45, 7) is 0. The summed E-state index contributed by atoms with van der Waals surface area (Å²) in [5.41, 5.74) is 1.63. The second-order valence-electron chi connectivity index (χ2n) is 6.43. The number of hydrogen-bond acceptors (Lipinski definition) is 6. The first-order valence-corrected chi connectivity index (χ1v) is 10.1. The Labute approximate surface area is 161 Å². The number of rotatable bonds is 6. The third-order valence-electron chi connectivity index (χ3n) is 4.55. The molecule has 3 N–H and O–H groups in total. The Morgan fingerprint density at radius 1 is 1.07 bits per heavy atom. The van der Waals surface area contributed by atoms with E-state index in [0.29, 0.717) is 22.0 Å². The van der Waals surface area contributed by atoms with E-state index in [1.54, 1.807) is 30.3 Å². The maximum Gasteiger partial charge on any atom is 0.471 e. The van der Waals surface area contributed by atoms with Crippen LogP contribution >= 0.6 is 0 Å². The van der Waals surface area contributed by atoms with Crippen LogP contribution in [0.2, 0.25) is 0 Å². The Bertz CT molecular complexity index is 1230. The molecule has 2 heterocycles. The van der Waals surface area contributed by atoms with Gasteiger partial charge >= 0.3 is 7.12 Å². The number of sulfonamides is 1. The van der Waals surface area contributed by atoms with Crippen molar-refractivity contribution in [3.8, 4) is 0 Å². The highest BCUT2D eigenvalue weighted by atomic mass is 32.2. The van der Waals surface area contributed by atoms with Gasteiger partial charge in [-0.15, -0.1) is 0 Å². The summed E-state index contributed by atoms with van der Waals surface area (Å²) in [4.78, 5) is 4.14. The zero-order valence-corrected chi connectivity index (χ0v) is 15.5. The number of nitrogens with zero attached hydrogens (tertiary/aromatic N) is 1. The van der Waals surface area contributed by atoms with Gasteiger partial charge in [-0.05, 0) is 30.2 Å². The van der Waals surface area contributed by atoms with Gasteiger partial charge in [-0.1, -0.05) is 36.4 Å². The molecule has 2 aromatic carbocycles. The standard InChI is InChI=1S/C19H17BN2O5S/c23-20(24)18(11-14-12-27-16-8-2-1-7-15(14)16)22-28(25,26)17-9-3-5-13-6-4-10-21-19(13)17/h1-10,12,18,22-24H,11H2. The number of para-hydroxylation sites is 2. The molecule has 0 radical (unpaired) electrons. The molecule has 2 aromatic heterocycles. The van der Waals surface area contributed by atoms with E-state index in [9.17, 15) is 18.5 Å². The van der Waals surface area contributed by atoms with Gasteiger partial charge < -0.3 is 14.5 Å². The summed E-state index contributed by atoms with van der Waals surface area (Å²) in [6.07, 6.45) is 3.05. The zero-order valence-electron chi connectivity index (χ0n) is 14.7. The van der Waals surface area contributed by atoms with Gasteiger partial charge in [0.1, 0.15) is 10.5 Å². The molecule has 28 heavy (non-hydrogen) atoms. The predicted molar refractivity (Wildman–Crippen MR) is 106 cm³/mol. The van der Waals surface area contributed by atoms with Gasteiger partial charge in [0.05, 0.1) is 17.7 Å². The van der Waals surface area contributed by atoms with E-state index in [2.05, 4.69) is 9.71 Å². The molecule has 0 fully saturated rings. The van der Waals surface area contributed by atoms with E-state index in [1.807, 2.05) is 18.2 Å². The van der Waals surface area contributed by atoms with Crippen LogP contribution in [-0.2, 0) is 16.4 Å². The van der Waals surface area contributed by atoms with Gasteiger partial charge in [0.15, 0.2) is 0 Å². The molecule has 0 amide bonds. The minimum atomic E-state index is -4.05. The maximum atomic E-state index is 13.0. The molecule has 0 bridgehead atoms. The third kappa shape index (κ3) is 3.52. The number of aromatic nitrogens is 1. The lowest BCUT2D eigenvalue weighted by atomic mass is 9.77. The first-order valence-electron chi connectivity index (χ1n) is 8.63. The normalized spacial score (nSPS) is 13.1. The van der Waals surface area contributed by atoms with Crippen molar-refractivity contribution in [1.29, 1.82) is 0 Å². The summed E-state index contributed by atoms with van der Waals surface area (Å²) in [5.74, 6) is -1.16. The Kier molecular flexibility index (Phi) is 4.90. The van der Waals surface area contributed by atoms with Crippen molar-refractivity contribution in [2.75, 3.05) is 0 Å². The van der Waals surface area contributed by atoms with Crippen LogP contribution in [0.5, 0.6) is 0 Å². The molecule has 1 atom stereocenters. The van der Waals surface area contributed by atoms with E-state index in [0.717, 1.165) is 5.39 Å². The highest BCUT2D eigenvalue weighted by Crippen LogP contribution is 2.24. The van der Waals surface area contributed by atoms with Crippen molar-refractivity contribution in [2.45, 2.75) is 17.3 Å². The van der Waals surface area contributed by atoms with Crippen LogP contribution in [-0.4, -0.2) is 36.5 Å². The Morgan fingerprint density at radius 2 is 1.86 bits per heavy atom. The van der Waals surface area contributed by atoms with Gasteiger partial charge in [0, 0.05) is 17.0 Å². The second kappa shape index (κ2) is 7.36. The Hall–Kier alpha value is -2.72. The van der Waals surface area contributed by atoms with Crippen molar-refractivity contribution in [1.82, 2.24) is 9.71 Å². The van der Waals surface area contributed by atoms with Gasteiger partial charge in [0.25, 0.3) is 0 Å². The van der Waals surface area contributed by atoms with Crippen molar-refractivity contribution in [3.63, 3.8) is 0 Å². The number of pyridine rings is 1. The molecule has 0 saturated carbocycles. The average Bonchev–Trinajstić information content (AvgIpc) is 3.10. The highest BCUT2D eigenvalue weighted by molar-refractivity contribution is 7.89. The summed E-state index contributed by atoms with van der Waals surface area (Å²) in [6, 6.07) is 15.6. The zero-order chi connectivity index (χ0) is 19.7. The van der Waals surface area contributed by atoms with Gasteiger partial charge in [0.2, 0.25) is 10.0 Å². The predicted octanol–water partition coefficient (Wildman–Crippen LogP) is 1.88. The van der Waals surface area contributed by atoms with E-state index >= 15 is 0 Å². The number of furan rings is 1. The van der Waals surface area contributed by atoms with Crippen molar-refractivity contribution in [3.05, 3.63) is 72.6 Å². The first-order chi connectivity index (χ1) is 13.5. The lowest BCUT2D eigenvalue weighted by Gasteiger charge is -2.18. The second-order valence-corrected chi connectivity index (χ2v) is 8.12. The summed E-state index contributed by atoms with van der Waals surface area (Å²) in [7, 11) is -5.95. The first kappa shape index (κ1) is 18.6. The van der Waals surface area contributed by atoms with Crippen LogP contribution in [0.25, 0.3) is 21.9 Å².